The fraction of sp³-hybridized carbons (Fsp3) is 0.188. The number of hydrogen-bond donors (Lipinski definition) is 2. The first kappa shape index (κ1) is 17.0. The van der Waals surface area contributed by atoms with E-state index in [1.54, 1.807) is 36.4 Å². The van der Waals surface area contributed by atoms with Crippen LogP contribution in [0.4, 0.5) is 0 Å². The van der Waals surface area contributed by atoms with Crippen molar-refractivity contribution in [3.05, 3.63) is 60.2 Å². The Bertz CT molecular complexity index is 743. The van der Waals surface area contributed by atoms with Crippen molar-refractivity contribution in [2.45, 2.75) is 11.3 Å². The SMILES string of the molecule is NCCc1ccc(S(=O)(=O)NC(=O)COc2ccccc2)cc1. The normalized spacial score (nSPS) is 11.0. The molecule has 0 aliphatic heterocycles. The number of ether oxygens (including phenoxy) is 1. The molecular weight excluding hydrogens is 316 g/mol. The van der Waals surface area contributed by atoms with E-state index in [0.717, 1.165) is 5.56 Å². The molecule has 0 bridgehead atoms. The highest BCUT2D eigenvalue weighted by atomic mass is 32.2. The van der Waals surface area contributed by atoms with Crippen LogP contribution in [0.15, 0.2) is 59.5 Å². The summed E-state index contributed by atoms with van der Waals surface area (Å²) >= 11 is 0. The number of amides is 1. The smallest absolute Gasteiger partial charge is 0.271 e. The molecule has 3 N–H and O–H groups in total. The molecule has 2 rings (SSSR count). The van der Waals surface area contributed by atoms with E-state index < -0.39 is 15.9 Å². The number of nitrogens with two attached hydrogens (primary N) is 1. The van der Waals surface area contributed by atoms with E-state index >= 15 is 0 Å². The maximum atomic E-state index is 12.1. The van der Waals surface area contributed by atoms with E-state index in [-0.39, 0.29) is 11.5 Å². The van der Waals surface area contributed by atoms with Gasteiger partial charge in [-0.15, -0.1) is 0 Å². The summed E-state index contributed by atoms with van der Waals surface area (Å²) in [5.74, 6) is -0.244. The molecule has 0 unspecified atom stereocenters. The van der Waals surface area contributed by atoms with Gasteiger partial charge in [-0.1, -0.05) is 30.3 Å². The van der Waals surface area contributed by atoms with Gasteiger partial charge in [0.15, 0.2) is 6.61 Å². The van der Waals surface area contributed by atoms with Gasteiger partial charge in [0.25, 0.3) is 15.9 Å². The van der Waals surface area contributed by atoms with E-state index in [4.69, 9.17) is 10.5 Å². The first-order valence-corrected chi connectivity index (χ1v) is 8.52. The molecule has 23 heavy (non-hydrogen) atoms. The molecule has 0 fully saturated rings. The van der Waals surface area contributed by atoms with E-state index in [0.29, 0.717) is 18.7 Å². The van der Waals surface area contributed by atoms with Crippen molar-refractivity contribution < 1.29 is 17.9 Å². The van der Waals surface area contributed by atoms with Gasteiger partial charge in [0.2, 0.25) is 0 Å². The van der Waals surface area contributed by atoms with Crippen LogP contribution in [0.1, 0.15) is 5.56 Å². The summed E-state index contributed by atoms with van der Waals surface area (Å²) in [6.45, 7) is 0.105. The highest BCUT2D eigenvalue weighted by Crippen LogP contribution is 2.11. The van der Waals surface area contributed by atoms with Gasteiger partial charge in [-0.25, -0.2) is 13.1 Å². The van der Waals surface area contributed by atoms with Gasteiger partial charge in [0, 0.05) is 0 Å². The number of carbonyl (C=O) groups is 1. The number of hydrogen-bond acceptors (Lipinski definition) is 5. The van der Waals surface area contributed by atoms with Crippen LogP contribution < -0.4 is 15.2 Å². The van der Waals surface area contributed by atoms with E-state index in [1.165, 1.54) is 12.1 Å². The second-order valence-corrected chi connectivity index (χ2v) is 6.50. The van der Waals surface area contributed by atoms with Crippen molar-refractivity contribution >= 4 is 15.9 Å². The Morgan fingerprint density at radius 3 is 2.30 bits per heavy atom. The molecule has 6 nitrogen and oxygen atoms in total. The zero-order valence-electron chi connectivity index (χ0n) is 12.4. The molecule has 0 aliphatic carbocycles. The molecule has 0 atom stereocenters. The number of para-hydroxylation sites is 1. The molecule has 0 radical (unpaired) electrons. The van der Waals surface area contributed by atoms with Crippen LogP contribution in [-0.2, 0) is 21.2 Å². The lowest BCUT2D eigenvalue weighted by Gasteiger charge is -2.09. The summed E-state index contributed by atoms with van der Waals surface area (Å²) in [4.78, 5) is 11.8. The van der Waals surface area contributed by atoms with Crippen LogP contribution in [-0.4, -0.2) is 27.5 Å². The zero-order valence-corrected chi connectivity index (χ0v) is 13.3. The predicted octanol–water partition coefficient (Wildman–Crippen LogP) is 1.07. The van der Waals surface area contributed by atoms with Crippen LogP contribution in [0.25, 0.3) is 0 Å². The molecule has 0 aromatic heterocycles. The monoisotopic (exact) mass is 334 g/mol. The topological polar surface area (TPSA) is 98.5 Å². The van der Waals surface area contributed by atoms with Crippen molar-refractivity contribution in [3.63, 3.8) is 0 Å². The van der Waals surface area contributed by atoms with Gasteiger partial charge in [-0.05, 0) is 42.8 Å². The first-order valence-electron chi connectivity index (χ1n) is 7.04. The van der Waals surface area contributed by atoms with E-state index in [2.05, 4.69) is 0 Å². The molecule has 0 saturated carbocycles. The molecule has 1 amide bonds. The number of rotatable bonds is 7. The summed E-state index contributed by atoms with van der Waals surface area (Å²) in [7, 11) is -3.91. The molecule has 7 heteroatoms. The van der Waals surface area contributed by atoms with Gasteiger partial charge in [-0.2, -0.15) is 0 Å². The molecule has 0 saturated heterocycles. The fourth-order valence-electron chi connectivity index (χ4n) is 1.91. The maximum Gasteiger partial charge on any atom is 0.271 e. The van der Waals surface area contributed by atoms with Gasteiger partial charge < -0.3 is 10.5 Å². The van der Waals surface area contributed by atoms with Gasteiger partial charge in [0.1, 0.15) is 5.75 Å². The van der Waals surface area contributed by atoms with Crippen LogP contribution in [0.3, 0.4) is 0 Å². The Balaban J connectivity index is 1.95. The molecule has 0 spiro atoms. The van der Waals surface area contributed by atoms with Crippen molar-refractivity contribution in [1.29, 1.82) is 0 Å². The minimum Gasteiger partial charge on any atom is -0.484 e. The minimum absolute atomic E-state index is 0.0198. The average Bonchev–Trinajstić information content (AvgIpc) is 2.54. The molecular formula is C16H18N2O4S. The lowest BCUT2D eigenvalue weighted by Crippen LogP contribution is -2.34. The quantitative estimate of drug-likeness (QED) is 0.789. The van der Waals surface area contributed by atoms with E-state index in [9.17, 15) is 13.2 Å². The summed E-state index contributed by atoms with van der Waals surface area (Å²) in [5, 5.41) is 0. The largest absolute Gasteiger partial charge is 0.484 e. The van der Waals surface area contributed by atoms with E-state index in [1.807, 2.05) is 10.8 Å². The van der Waals surface area contributed by atoms with Gasteiger partial charge in [0.05, 0.1) is 4.90 Å². The van der Waals surface area contributed by atoms with Crippen LogP contribution in [0, 0.1) is 0 Å². The van der Waals surface area contributed by atoms with Crippen molar-refractivity contribution in [2.75, 3.05) is 13.2 Å². The summed E-state index contributed by atoms with van der Waals surface area (Å²) in [6.07, 6.45) is 0.664. The summed E-state index contributed by atoms with van der Waals surface area (Å²) < 4.78 is 31.4. The molecule has 0 heterocycles. The maximum absolute atomic E-state index is 12.1. The number of benzene rings is 2. The number of nitrogens with one attached hydrogen (secondary N) is 1. The Hall–Kier alpha value is -2.38. The van der Waals surface area contributed by atoms with Crippen LogP contribution in [0.2, 0.25) is 0 Å². The Labute approximate surface area is 135 Å². The fourth-order valence-corrected chi connectivity index (χ4v) is 2.88. The minimum atomic E-state index is -3.91. The highest BCUT2D eigenvalue weighted by molar-refractivity contribution is 7.90. The van der Waals surface area contributed by atoms with Crippen LogP contribution in [0.5, 0.6) is 5.75 Å². The third kappa shape index (κ3) is 5.08. The summed E-state index contributed by atoms with van der Waals surface area (Å²) in [5.41, 5.74) is 6.38. The van der Waals surface area contributed by atoms with Crippen molar-refractivity contribution in [3.8, 4) is 5.75 Å². The Kier molecular flexibility index (Phi) is 5.72. The number of carbonyl (C=O) groups excluding carboxylic acids is 1. The van der Waals surface area contributed by atoms with Gasteiger partial charge >= 0.3 is 0 Å². The second-order valence-electron chi connectivity index (χ2n) is 4.81. The first-order chi connectivity index (χ1) is 11.0. The van der Waals surface area contributed by atoms with Crippen LogP contribution >= 0.6 is 0 Å². The van der Waals surface area contributed by atoms with Crippen molar-refractivity contribution in [2.24, 2.45) is 5.73 Å². The Morgan fingerprint density at radius 1 is 1.04 bits per heavy atom. The third-order valence-electron chi connectivity index (χ3n) is 3.03. The molecule has 2 aromatic carbocycles. The predicted molar refractivity (Wildman–Crippen MR) is 86.5 cm³/mol. The Morgan fingerprint density at radius 2 is 1.70 bits per heavy atom. The molecule has 2 aromatic rings. The van der Waals surface area contributed by atoms with Crippen molar-refractivity contribution in [1.82, 2.24) is 4.72 Å². The standard InChI is InChI=1S/C16H18N2O4S/c17-11-10-13-6-8-15(9-7-13)23(20,21)18-16(19)12-22-14-4-2-1-3-5-14/h1-9H,10-12,17H2,(H,18,19). The molecule has 0 aliphatic rings. The third-order valence-corrected chi connectivity index (χ3v) is 4.42. The second kappa shape index (κ2) is 7.75. The number of sulfonamides is 1. The lowest BCUT2D eigenvalue weighted by atomic mass is 10.2. The average molecular weight is 334 g/mol. The molecule has 122 valence electrons. The highest BCUT2D eigenvalue weighted by Gasteiger charge is 2.17. The summed E-state index contributed by atoms with van der Waals surface area (Å²) in [6, 6.07) is 14.9. The lowest BCUT2D eigenvalue weighted by molar-refractivity contribution is -0.121. The zero-order chi connectivity index (χ0) is 16.7. The van der Waals surface area contributed by atoms with Gasteiger partial charge in [-0.3, -0.25) is 4.79 Å².